The van der Waals surface area contributed by atoms with E-state index in [4.69, 9.17) is 9.84 Å². The lowest BCUT2D eigenvalue weighted by Crippen LogP contribution is -2.07. The quantitative estimate of drug-likeness (QED) is 0.519. The first kappa shape index (κ1) is 17.5. The van der Waals surface area contributed by atoms with E-state index in [-0.39, 0.29) is 11.3 Å². The van der Waals surface area contributed by atoms with Gasteiger partial charge in [-0.1, -0.05) is 36.4 Å². The van der Waals surface area contributed by atoms with E-state index in [1.807, 2.05) is 36.4 Å². The van der Waals surface area contributed by atoms with Crippen molar-refractivity contribution in [1.29, 1.82) is 0 Å². The van der Waals surface area contributed by atoms with Crippen LogP contribution in [0.25, 0.3) is 33.3 Å². The fourth-order valence-electron chi connectivity index (χ4n) is 3.10. The maximum absolute atomic E-state index is 12.2. The van der Waals surface area contributed by atoms with E-state index in [2.05, 4.69) is 9.97 Å². The molecule has 0 fully saturated rings. The van der Waals surface area contributed by atoms with E-state index < -0.39 is 11.9 Å². The Morgan fingerprint density at radius 3 is 2.14 bits per heavy atom. The summed E-state index contributed by atoms with van der Waals surface area (Å²) in [5.74, 6) is -1.45. The Bertz CT molecular complexity index is 1180. The van der Waals surface area contributed by atoms with E-state index in [0.29, 0.717) is 11.2 Å². The zero-order valence-corrected chi connectivity index (χ0v) is 15.0. The topological polar surface area (TPSA) is 92.3 Å². The second-order valence-electron chi connectivity index (χ2n) is 6.25. The summed E-state index contributed by atoms with van der Waals surface area (Å²) in [7, 11) is 1.33. The molecule has 4 rings (SSSR count). The van der Waals surface area contributed by atoms with Crippen LogP contribution < -0.4 is 0 Å². The van der Waals surface area contributed by atoms with Crippen molar-refractivity contribution in [2.75, 3.05) is 7.11 Å². The average Bonchev–Trinajstić information content (AvgIpc) is 3.20. The number of hydrogen-bond acceptors (Lipinski definition) is 4. The highest BCUT2D eigenvalue weighted by atomic mass is 16.5. The van der Waals surface area contributed by atoms with Crippen LogP contribution in [0.2, 0.25) is 0 Å². The Morgan fingerprint density at radius 2 is 1.54 bits per heavy atom. The van der Waals surface area contributed by atoms with Crippen molar-refractivity contribution < 1.29 is 19.4 Å². The van der Waals surface area contributed by atoms with Crippen LogP contribution in [0.4, 0.5) is 0 Å². The molecule has 0 saturated carbocycles. The van der Waals surface area contributed by atoms with Gasteiger partial charge in [-0.3, -0.25) is 0 Å². The van der Waals surface area contributed by atoms with Crippen LogP contribution >= 0.6 is 0 Å². The Balaban J connectivity index is 1.74. The van der Waals surface area contributed by atoms with Gasteiger partial charge in [-0.15, -0.1) is 0 Å². The van der Waals surface area contributed by atoms with E-state index in [0.717, 1.165) is 22.1 Å². The van der Waals surface area contributed by atoms with Gasteiger partial charge in [0.15, 0.2) is 5.69 Å². The van der Waals surface area contributed by atoms with Crippen molar-refractivity contribution in [2.24, 2.45) is 0 Å². The Labute approximate surface area is 160 Å². The molecule has 0 spiro atoms. The summed E-state index contributed by atoms with van der Waals surface area (Å²) < 4.78 is 4.88. The molecule has 6 heteroatoms. The number of benzene rings is 2. The van der Waals surface area contributed by atoms with Crippen LogP contribution in [0.3, 0.4) is 0 Å². The highest BCUT2D eigenvalue weighted by molar-refractivity contribution is 5.99. The number of fused-ring (bicyclic) bond motifs is 1. The normalized spacial score (nSPS) is 10.8. The third-order valence-electron chi connectivity index (χ3n) is 4.57. The van der Waals surface area contributed by atoms with Crippen LogP contribution in [0.5, 0.6) is 0 Å². The largest absolute Gasteiger partial charge is 0.478 e. The lowest BCUT2D eigenvalue weighted by molar-refractivity contribution is 0.0594. The second-order valence-corrected chi connectivity index (χ2v) is 6.25. The van der Waals surface area contributed by atoms with Crippen LogP contribution in [0.15, 0.2) is 66.9 Å². The molecule has 0 aliphatic heterocycles. The molecule has 0 radical (unpaired) electrons. The number of carbonyl (C=O) groups excluding carboxylic acids is 1. The summed E-state index contributed by atoms with van der Waals surface area (Å²) in [4.78, 5) is 30.6. The molecule has 138 valence electrons. The molecule has 0 aliphatic carbocycles. The average molecular weight is 372 g/mol. The predicted octanol–water partition coefficient (Wildman–Crippen LogP) is 4.38. The van der Waals surface area contributed by atoms with E-state index in [1.54, 1.807) is 30.5 Å². The van der Waals surface area contributed by atoms with Gasteiger partial charge in [-0.2, -0.15) is 0 Å². The summed E-state index contributed by atoms with van der Waals surface area (Å²) in [5, 5.41) is 9.91. The van der Waals surface area contributed by atoms with Crippen molar-refractivity contribution in [3.8, 4) is 22.3 Å². The first-order chi connectivity index (χ1) is 13.6. The summed E-state index contributed by atoms with van der Waals surface area (Å²) in [6, 6.07) is 18.1. The molecule has 6 nitrogen and oxygen atoms in total. The fourth-order valence-corrected chi connectivity index (χ4v) is 3.10. The van der Waals surface area contributed by atoms with E-state index in [9.17, 15) is 9.59 Å². The third kappa shape index (κ3) is 3.12. The zero-order chi connectivity index (χ0) is 19.7. The number of nitrogens with zero attached hydrogens (tertiary/aromatic N) is 1. The number of methoxy groups -OCH3 is 1. The van der Waals surface area contributed by atoms with Crippen molar-refractivity contribution >= 4 is 23.0 Å². The number of aromatic nitrogens is 2. The van der Waals surface area contributed by atoms with Crippen molar-refractivity contribution in [3.63, 3.8) is 0 Å². The minimum Gasteiger partial charge on any atom is -0.478 e. The van der Waals surface area contributed by atoms with Gasteiger partial charge in [0.2, 0.25) is 0 Å². The number of ether oxygens (including phenoxy) is 1. The summed E-state index contributed by atoms with van der Waals surface area (Å²) >= 11 is 0. The monoisotopic (exact) mass is 372 g/mol. The summed E-state index contributed by atoms with van der Waals surface area (Å²) in [6.07, 6.45) is 1.77. The van der Waals surface area contributed by atoms with Gasteiger partial charge in [0, 0.05) is 17.1 Å². The van der Waals surface area contributed by atoms with Gasteiger partial charge in [-0.25, -0.2) is 14.6 Å². The number of hydrogen-bond donors (Lipinski definition) is 2. The minimum absolute atomic E-state index is 0.244. The molecule has 2 heterocycles. The number of esters is 1. The fraction of sp³-hybridized carbons (Fsp3) is 0.0455. The number of aromatic carboxylic acids is 1. The number of nitrogens with one attached hydrogen (secondary N) is 1. The maximum atomic E-state index is 12.2. The van der Waals surface area contributed by atoms with Gasteiger partial charge in [-0.05, 0) is 41.0 Å². The lowest BCUT2D eigenvalue weighted by Gasteiger charge is -2.09. The Hall–Kier alpha value is -3.93. The van der Waals surface area contributed by atoms with Gasteiger partial charge in [0.1, 0.15) is 5.65 Å². The molecule has 0 atom stereocenters. The van der Waals surface area contributed by atoms with Crippen LogP contribution in [0.1, 0.15) is 20.8 Å². The van der Waals surface area contributed by atoms with Gasteiger partial charge < -0.3 is 14.8 Å². The van der Waals surface area contributed by atoms with Crippen LogP contribution in [0, 0.1) is 0 Å². The first-order valence-corrected chi connectivity index (χ1v) is 8.57. The SMILES string of the molecule is COC(=O)c1nc2[nH]ccc2cc1-c1ccc(-c2ccc(C(=O)O)cc2)cc1. The number of carboxylic acid groups (broad SMARTS) is 1. The van der Waals surface area contributed by atoms with Gasteiger partial charge in [0.25, 0.3) is 0 Å². The number of carboxylic acids is 1. The molecule has 28 heavy (non-hydrogen) atoms. The highest BCUT2D eigenvalue weighted by Gasteiger charge is 2.17. The van der Waals surface area contributed by atoms with Gasteiger partial charge in [0.05, 0.1) is 12.7 Å². The molecular formula is C22H16N2O4. The molecule has 0 saturated heterocycles. The number of carbonyl (C=O) groups is 2. The lowest BCUT2D eigenvalue weighted by atomic mass is 9.98. The Morgan fingerprint density at radius 1 is 0.929 bits per heavy atom. The predicted molar refractivity (Wildman–Crippen MR) is 105 cm³/mol. The van der Waals surface area contributed by atoms with Crippen molar-refractivity contribution in [1.82, 2.24) is 9.97 Å². The molecule has 2 aromatic carbocycles. The van der Waals surface area contributed by atoms with Crippen LogP contribution in [-0.4, -0.2) is 34.1 Å². The third-order valence-corrected chi connectivity index (χ3v) is 4.57. The standard InChI is InChI=1S/C22H16N2O4/c1-28-22(27)19-18(12-17-10-11-23-20(17)24-19)15-6-2-13(3-7-15)14-4-8-16(9-5-14)21(25)26/h2-12H,1H3,(H,23,24)(H,25,26). The second kappa shape index (κ2) is 7.00. The molecule has 0 aliphatic rings. The van der Waals surface area contributed by atoms with Crippen molar-refractivity contribution in [3.05, 3.63) is 78.1 Å². The molecule has 2 aromatic heterocycles. The molecular weight excluding hydrogens is 356 g/mol. The molecule has 0 unspecified atom stereocenters. The number of pyridine rings is 1. The minimum atomic E-state index is -0.954. The number of aromatic amines is 1. The summed E-state index contributed by atoms with van der Waals surface area (Å²) in [6.45, 7) is 0. The van der Waals surface area contributed by atoms with Crippen molar-refractivity contribution in [2.45, 2.75) is 0 Å². The molecule has 2 N–H and O–H groups in total. The molecule has 0 bridgehead atoms. The Kier molecular flexibility index (Phi) is 4.37. The maximum Gasteiger partial charge on any atom is 0.357 e. The van der Waals surface area contributed by atoms with Gasteiger partial charge >= 0.3 is 11.9 Å². The van der Waals surface area contributed by atoms with Crippen LogP contribution in [-0.2, 0) is 4.74 Å². The first-order valence-electron chi connectivity index (χ1n) is 8.57. The number of H-pyrrole nitrogens is 1. The summed E-state index contributed by atoms with van der Waals surface area (Å²) in [5.41, 5.74) is 4.48. The zero-order valence-electron chi connectivity index (χ0n) is 15.0. The number of rotatable bonds is 4. The molecule has 0 amide bonds. The van der Waals surface area contributed by atoms with E-state index >= 15 is 0 Å². The molecule has 4 aromatic rings. The highest BCUT2D eigenvalue weighted by Crippen LogP contribution is 2.29. The van der Waals surface area contributed by atoms with E-state index in [1.165, 1.54) is 7.11 Å². The smallest absolute Gasteiger partial charge is 0.357 e.